The van der Waals surface area contributed by atoms with E-state index in [1.54, 1.807) is 42.5 Å². The average Bonchev–Trinajstić information content (AvgIpc) is 2.79. The maximum atomic E-state index is 12.8. The number of halogens is 2. The van der Waals surface area contributed by atoms with Crippen LogP contribution in [0.3, 0.4) is 0 Å². The molecule has 0 fully saturated rings. The van der Waals surface area contributed by atoms with E-state index in [1.807, 2.05) is 12.1 Å². The van der Waals surface area contributed by atoms with E-state index < -0.39 is 18.2 Å². The third-order valence-corrected chi connectivity index (χ3v) is 5.24. The van der Waals surface area contributed by atoms with Crippen LogP contribution in [0, 0.1) is 11.3 Å². The Hall–Kier alpha value is -3.37. The molecule has 0 saturated carbocycles. The molecule has 0 radical (unpaired) electrons. The Labute approximate surface area is 189 Å². The van der Waals surface area contributed by atoms with Crippen LogP contribution in [-0.2, 0) is 0 Å². The first-order valence-electron chi connectivity index (χ1n) is 9.22. The lowest BCUT2D eigenvalue weighted by atomic mass is 10.0. The second kappa shape index (κ2) is 10.1. The highest BCUT2D eigenvalue weighted by Gasteiger charge is 2.25. The molecule has 2 unspecified atom stereocenters. The molecule has 0 aliphatic heterocycles. The number of hydrogen-bond donors (Lipinski definition) is 3. The van der Waals surface area contributed by atoms with Gasteiger partial charge in [0.15, 0.2) is 6.23 Å². The van der Waals surface area contributed by atoms with Crippen molar-refractivity contribution in [3.05, 3.63) is 105 Å². The van der Waals surface area contributed by atoms with Gasteiger partial charge in [-0.25, -0.2) is 4.99 Å². The number of carbonyl (C=O) groups excluding carboxylic acids is 1. The average molecular weight is 453 g/mol. The maximum absolute atomic E-state index is 12.8. The van der Waals surface area contributed by atoms with Crippen LogP contribution in [0.5, 0.6) is 0 Å². The van der Waals surface area contributed by atoms with Crippen molar-refractivity contribution in [2.75, 3.05) is 0 Å². The van der Waals surface area contributed by atoms with Crippen molar-refractivity contribution < 1.29 is 9.90 Å². The van der Waals surface area contributed by atoms with E-state index in [-0.39, 0.29) is 10.9 Å². The number of nitrogens with two attached hydrogens (primary N) is 1. The lowest BCUT2D eigenvalue weighted by Gasteiger charge is -2.23. The Morgan fingerprint density at radius 2 is 1.68 bits per heavy atom. The molecule has 31 heavy (non-hydrogen) atoms. The van der Waals surface area contributed by atoms with E-state index in [2.05, 4.69) is 10.3 Å². The summed E-state index contributed by atoms with van der Waals surface area (Å²) < 4.78 is 0. The molecule has 2 atom stereocenters. The SMILES string of the molecule is N#Cc1ccc(C(=O)NC(c2ccc(Cl)c(Cl)c2)C(O)N=C(N)c2ccccc2)cc1. The van der Waals surface area contributed by atoms with Gasteiger partial charge in [-0.05, 0) is 42.0 Å². The molecule has 0 saturated heterocycles. The Morgan fingerprint density at radius 3 is 2.29 bits per heavy atom. The number of aliphatic hydroxyl groups excluding tert-OH is 1. The Bertz CT molecular complexity index is 1140. The Kier molecular flexibility index (Phi) is 7.27. The quantitative estimate of drug-likeness (QED) is 0.386. The highest BCUT2D eigenvalue weighted by molar-refractivity contribution is 6.42. The lowest BCUT2D eigenvalue weighted by Crippen LogP contribution is -2.36. The van der Waals surface area contributed by atoms with Gasteiger partial charge in [-0.3, -0.25) is 4.79 Å². The van der Waals surface area contributed by atoms with Gasteiger partial charge < -0.3 is 16.2 Å². The van der Waals surface area contributed by atoms with Crippen LogP contribution in [0.1, 0.15) is 33.1 Å². The van der Waals surface area contributed by atoms with E-state index in [0.29, 0.717) is 27.3 Å². The van der Waals surface area contributed by atoms with Crippen molar-refractivity contribution in [2.24, 2.45) is 10.7 Å². The predicted octanol–water partition coefficient (Wildman–Crippen LogP) is 4.06. The van der Waals surface area contributed by atoms with Crippen molar-refractivity contribution in [3.63, 3.8) is 0 Å². The Balaban J connectivity index is 1.93. The minimum absolute atomic E-state index is 0.116. The van der Waals surface area contributed by atoms with Gasteiger partial charge in [0.25, 0.3) is 5.91 Å². The molecule has 8 heteroatoms. The van der Waals surface area contributed by atoms with E-state index in [1.165, 1.54) is 24.3 Å². The first-order chi connectivity index (χ1) is 14.9. The van der Waals surface area contributed by atoms with Gasteiger partial charge in [-0.2, -0.15) is 5.26 Å². The molecule has 3 aromatic rings. The summed E-state index contributed by atoms with van der Waals surface area (Å²) in [5, 5.41) is 23.1. The minimum Gasteiger partial charge on any atom is -0.383 e. The molecule has 0 aromatic heterocycles. The lowest BCUT2D eigenvalue weighted by molar-refractivity contribution is 0.0845. The molecule has 4 N–H and O–H groups in total. The van der Waals surface area contributed by atoms with Crippen molar-refractivity contribution in [1.82, 2.24) is 5.32 Å². The van der Waals surface area contributed by atoms with Gasteiger partial charge in [0, 0.05) is 11.1 Å². The number of nitrogens with one attached hydrogen (secondary N) is 1. The predicted molar refractivity (Wildman–Crippen MR) is 121 cm³/mol. The third-order valence-electron chi connectivity index (χ3n) is 4.50. The molecule has 6 nitrogen and oxygen atoms in total. The minimum atomic E-state index is -1.40. The number of benzene rings is 3. The van der Waals surface area contributed by atoms with Gasteiger partial charge in [0.2, 0.25) is 0 Å². The zero-order chi connectivity index (χ0) is 22.4. The standard InChI is InChI=1S/C23H18Cl2N4O2/c24-18-11-10-17(12-19(18)25)20(23(31)29-21(27)15-4-2-1-3-5-15)28-22(30)16-8-6-14(13-26)7-9-16/h1-12,20,23,31H,(H2,27,29)(H,28,30). The molecule has 3 aromatic carbocycles. The van der Waals surface area contributed by atoms with Gasteiger partial charge in [-0.15, -0.1) is 0 Å². The van der Waals surface area contributed by atoms with Crippen LogP contribution in [0.2, 0.25) is 10.0 Å². The largest absolute Gasteiger partial charge is 0.383 e. The smallest absolute Gasteiger partial charge is 0.251 e. The summed E-state index contributed by atoms with van der Waals surface area (Å²) in [5.74, 6) is -0.348. The third kappa shape index (κ3) is 5.62. The highest BCUT2D eigenvalue weighted by Crippen LogP contribution is 2.28. The number of aliphatic imine (C=N–C) groups is 1. The van der Waals surface area contributed by atoms with Crippen LogP contribution in [0.15, 0.2) is 77.8 Å². The summed E-state index contributed by atoms with van der Waals surface area (Å²) in [5.41, 5.74) is 7.91. The molecule has 0 bridgehead atoms. The van der Waals surface area contributed by atoms with E-state index >= 15 is 0 Å². The first kappa shape index (κ1) is 22.3. The van der Waals surface area contributed by atoms with Gasteiger partial charge in [0.05, 0.1) is 21.7 Å². The molecule has 1 amide bonds. The van der Waals surface area contributed by atoms with Crippen molar-refractivity contribution in [3.8, 4) is 6.07 Å². The fraction of sp³-hybridized carbons (Fsp3) is 0.0870. The molecule has 0 aliphatic rings. The number of amides is 1. The fourth-order valence-electron chi connectivity index (χ4n) is 2.86. The summed E-state index contributed by atoms with van der Waals surface area (Å²) in [4.78, 5) is 17.0. The molecule has 3 rings (SSSR count). The number of aliphatic hydroxyl groups is 1. The summed E-state index contributed by atoms with van der Waals surface area (Å²) in [7, 11) is 0. The van der Waals surface area contributed by atoms with Crippen LogP contribution in [0.25, 0.3) is 0 Å². The number of nitriles is 1. The van der Waals surface area contributed by atoms with E-state index in [0.717, 1.165) is 0 Å². The highest BCUT2D eigenvalue weighted by atomic mass is 35.5. The van der Waals surface area contributed by atoms with Gasteiger partial charge in [0.1, 0.15) is 11.9 Å². The monoisotopic (exact) mass is 452 g/mol. The molecular formula is C23H18Cl2N4O2. The zero-order valence-electron chi connectivity index (χ0n) is 16.2. The van der Waals surface area contributed by atoms with Gasteiger partial charge >= 0.3 is 0 Å². The molecule has 156 valence electrons. The van der Waals surface area contributed by atoms with Crippen LogP contribution in [-0.4, -0.2) is 23.1 Å². The van der Waals surface area contributed by atoms with E-state index in [9.17, 15) is 9.90 Å². The van der Waals surface area contributed by atoms with Crippen molar-refractivity contribution in [1.29, 1.82) is 5.26 Å². The number of rotatable bonds is 6. The summed E-state index contributed by atoms with van der Waals surface area (Å²) in [6.07, 6.45) is -1.40. The zero-order valence-corrected chi connectivity index (χ0v) is 17.7. The summed E-state index contributed by atoms with van der Waals surface area (Å²) in [6, 6.07) is 20.8. The molecule has 0 heterocycles. The molecule has 0 spiro atoms. The normalized spacial score (nSPS) is 13.2. The van der Waals surface area contributed by atoms with Gasteiger partial charge in [-0.1, -0.05) is 59.6 Å². The van der Waals surface area contributed by atoms with Crippen LogP contribution in [0.4, 0.5) is 0 Å². The summed E-state index contributed by atoms with van der Waals surface area (Å²) >= 11 is 12.1. The fourth-order valence-corrected chi connectivity index (χ4v) is 3.16. The summed E-state index contributed by atoms with van der Waals surface area (Å²) in [6.45, 7) is 0. The number of carbonyl (C=O) groups is 1. The second-order valence-corrected chi connectivity index (χ2v) is 7.42. The van der Waals surface area contributed by atoms with E-state index in [4.69, 9.17) is 34.2 Å². The number of hydrogen-bond acceptors (Lipinski definition) is 4. The Morgan fingerprint density at radius 1 is 1.00 bits per heavy atom. The maximum Gasteiger partial charge on any atom is 0.251 e. The first-order valence-corrected chi connectivity index (χ1v) is 9.97. The van der Waals surface area contributed by atoms with Crippen molar-refractivity contribution in [2.45, 2.75) is 12.3 Å². The second-order valence-electron chi connectivity index (χ2n) is 6.61. The topological polar surface area (TPSA) is 112 Å². The van der Waals surface area contributed by atoms with Crippen LogP contribution >= 0.6 is 23.2 Å². The van der Waals surface area contributed by atoms with Crippen LogP contribution < -0.4 is 11.1 Å². The van der Waals surface area contributed by atoms with Crippen molar-refractivity contribution >= 4 is 34.9 Å². The number of amidine groups is 1. The number of nitrogens with zero attached hydrogens (tertiary/aromatic N) is 2. The molecule has 0 aliphatic carbocycles. The molecular weight excluding hydrogens is 435 g/mol.